The minimum atomic E-state index is -3.30. The van der Waals surface area contributed by atoms with Crippen molar-refractivity contribution in [3.8, 4) is 0 Å². The summed E-state index contributed by atoms with van der Waals surface area (Å²) in [5.74, 6) is -6.01. The molecule has 7 heteroatoms. The molecule has 0 heterocycles. The molecule has 3 atom stereocenters. The van der Waals surface area contributed by atoms with Crippen LogP contribution < -0.4 is 0 Å². The fraction of sp³-hybridized carbons (Fsp3) is 0.750. The number of alkyl halides is 2. The summed E-state index contributed by atoms with van der Waals surface area (Å²) in [4.78, 5) is 34.2. The lowest BCUT2D eigenvalue weighted by Gasteiger charge is -2.20. The van der Waals surface area contributed by atoms with Gasteiger partial charge in [-0.2, -0.15) is 8.78 Å². The molecule has 0 unspecified atom stereocenters. The Morgan fingerprint density at radius 3 is 2.56 bits per heavy atom. The third-order valence-corrected chi connectivity index (χ3v) is 5.06. The van der Waals surface area contributed by atoms with Crippen molar-refractivity contribution in [1.29, 1.82) is 0 Å². The van der Waals surface area contributed by atoms with Crippen LogP contribution in [0.3, 0.4) is 0 Å². The smallest absolute Gasteiger partial charge is 0.305 e. The van der Waals surface area contributed by atoms with Crippen LogP contribution in [0.15, 0.2) is 12.2 Å². The number of carboxylic acid groups (broad SMARTS) is 1. The molecule has 0 aromatic rings. The number of carbonyl (C=O) groups is 3. The number of Topliss-reactive ketones (excluding diaryl/α,β-unsaturated/α-hetero) is 2. The summed E-state index contributed by atoms with van der Waals surface area (Å²) in [7, 11) is 0. The van der Waals surface area contributed by atoms with Gasteiger partial charge in [0.15, 0.2) is 0 Å². The number of carboxylic acids is 1. The maximum atomic E-state index is 13.5. The number of hydrogen-bond acceptors (Lipinski definition) is 4. The average molecular weight is 388 g/mol. The molecule has 0 aromatic heterocycles. The van der Waals surface area contributed by atoms with Gasteiger partial charge in [-0.05, 0) is 44.4 Å². The summed E-state index contributed by atoms with van der Waals surface area (Å²) in [5.41, 5.74) is 0. The lowest BCUT2D eigenvalue weighted by molar-refractivity contribution is -0.144. The summed E-state index contributed by atoms with van der Waals surface area (Å²) in [5, 5.41) is 18.7. The summed E-state index contributed by atoms with van der Waals surface area (Å²) in [6.45, 7) is 1.60. The molecule has 27 heavy (non-hydrogen) atoms. The molecule has 1 saturated carbocycles. The highest BCUT2D eigenvalue weighted by Gasteiger charge is 2.41. The second-order valence-electron chi connectivity index (χ2n) is 7.27. The van der Waals surface area contributed by atoms with Crippen LogP contribution >= 0.6 is 0 Å². The molecule has 2 N–H and O–H groups in total. The van der Waals surface area contributed by atoms with Gasteiger partial charge in [-0.15, -0.1) is 0 Å². The Hall–Kier alpha value is -1.63. The predicted molar refractivity (Wildman–Crippen MR) is 96.6 cm³/mol. The number of unbranched alkanes of at least 4 members (excludes halogenated alkanes) is 1. The third kappa shape index (κ3) is 7.87. The van der Waals surface area contributed by atoms with Crippen molar-refractivity contribution in [2.75, 3.05) is 0 Å². The molecule has 0 amide bonds. The van der Waals surface area contributed by atoms with Gasteiger partial charge in [-0.1, -0.05) is 19.1 Å². The fourth-order valence-corrected chi connectivity index (χ4v) is 3.57. The van der Waals surface area contributed by atoms with Crippen LogP contribution in [0.5, 0.6) is 0 Å². The van der Waals surface area contributed by atoms with Crippen molar-refractivity contribution in [3.05, 3.63) is 12.2 Å². The number of ketones is 2. The molecule has 0 spiro atoms. The van der Waals surface area contributed by atoms with E-state index in [-0.39, 0.29) is 43.8 Å². The van der Waals surface area contributed by atoms with Gasteiger partial charge in [0, 0.05) is 31.6 Å². The maximum absolute atomic E-state index is 13.5. The molecular weight excluding hydrogens is 358 g/mol. The molecule has 1 aliphatic carbocycles. The molecule has 0 bridgehead atoms. The van der Waals surface area contributed by atoms with Crippen LogP contribution in [0.2, 0.25) is 0 Å². The van der Waals surface area contributed by atoms with Gasteiger partial charge in [0.25, 0.3) is 0 Å². The zero-order valence-electron chi connectivity index (χ0n) is 15.8. The molecule has 0 aromatic carbocycles. The van der Waals surface area contributed by atoms with E-state index in [4.69, 9.17) is 5.11 Å². The van der Waals surface area contributed by atoms with Crippen molar-refractivity contribution in [2.24, 2.45) is 11.8 Å². The van der Waals surface area contributed by atoms with Crippen LogP contribution in [-0.2, 0) is 14.4 Å². The van der Waals surface area contributed by atoms with Crippen LogP contribution in [0, 0.1) is 11.8 Å². The molecule has 154 valence electrons. The van der Waals surface area contributed by atoms with Crippen molar-refractivity contribution >= 4 is 17.5 Å². The first-order valence-electron chi connectivity index (χ1n) is 9.67. The van der Waals surface area contributed by atoms with E-state index in [1.807, 2.05) is 12.2 Å². The number of carbonyl (C=O) groups excluding carboxylic acids is 2. The monoisotopic (exact) mass is 388 g/mol. The number of rotatable bonds is 13. The van der Waals surface area contributed by atoms with Crippen LogP contribution in [0.1, 0.15) is 71.1 Å². The Kier molecular flexibility index (Phi) is 9.77. The van der Waals surface area contributed by atoms with E-state index in [0.717, 1.165) is 0 Å². The fourth-order valence-electron chi connectivity index (χ4n) is 3.57. The predicted octanol–water partition coefficient (Wildman–Crippen LogP) is 3.93. The number of halogens is 2. The highest BCUT2D eigenvalue weighted by molar-refractivity contribution is 5.86. The number of hydrogen-bond donors (Lipinski definition) is 2. The van der Waals surface area contributed by atoms with E-state index >= 15 is 0 Å². The van der Waals surface area contributed by atoms with Crippen molar-refractivity contribution in [1.82, 2.24) is 0 Å². The van der Waals surface area contributed by atoms with E-state index in [1.165, 1.54) is 0 Å². The lowest BCUT2D eigenvalue weighted by Crippen LogP contribution is -2.28. The molecule has 0 saturated heterocycles. The number of aliphatic hydroxyl groups is 1. The first-order valence-corrected chi connectivity index (χ1v) is 9.67. The third-order valence-electron chi connectivity index (χ3n) is 5.06. The Bertz CT molecular complexity index is 544. The van der Waals surface area contributed by atoms with Crippen LogP contribution in [0.4, 0.5) is 8.78 Å². The lowest BCUT2D eigenvalue weighted by atomic mass is 9.86. The normalized spacial score (nSPS) is 23.3. The molecule has 0 aliphatic heterocycles. The largest absolute Gasteiger partial charge is 0.481 e. The zero-order chi connectivity index (χ0) is 20.4. The minimum Gasteiger partial charge on any atom is -0.481 e. The van der Waals surface area contributed by atoms with E-state index < -0.39 is 36.1 Å². The SMILES string of the molecule is CCCC(F)(F)C(=O)CCC[C@H]1C(=O)C[C@@H](O)[C@@H]1C/C=C\CCCC(=O)O. The highest BCUT2D eigenvalue weighted by atomic mass is 19.3. The van der Waals surface area contributed by atoms with E-state index in [9.17, 15) is 28.3 Å². The van der Waals surface area contributed by atoms with Gasteiger partial charge >= 0.3 is 11.9 Å². The van der Waals surface area contributed by atoms with Gasteiger partial charge < -0.3 is 10.2 Å². The van der Waals surface area contributed by atoms with Crippen molar-refractivity contribution < 1.29 is 33.4 Å². The number of aliphatic carboxylic acids is 1. The summed E-state index contributed by atoms with van der Waals surface area (Å²) >= 11 is 0. The minimum absolute atomic E-state index is 0.0577. The molecule has 5 nitrogen and oxygen atoms in total. The zero-order valence-corrected chi connectivity index (χ0v) is 15.8. The number of aliphatic hydroxyl groups excluding tert-OH is 1. The quantitative estimate of drug-likeness (QED) is 0.368. The van der Waals surface area contributed by atoms with E-state index in [2.05, 4.69) is 0 Å². The Morgan fingerprint density at radius 1 is 1.22 bits per heavy atom. The van der Waals surface area contributed by atoms with Gasteiger partial charge in [0.1, 0.15) is 5.78 Å². The van der Waals surface area contributed by atoms with Crippen LogP contribution in [0.25, 0.3) is 0 Å². The van der Waals surface area contributed by atoms with Gasteiger partial charge in [-0.25, -0.2) is 0 Å². The van der Waals surface area contributed by atoms with Gasteiger partial charge in [-0.3, -0.25) is 14.4 Å². The standard InChI is InChI=1S/C20H30F2O5/c1-2-12-20(21,22)18(25)10-7-9-15-14(16(23)13-17(15)24)8-5-3-4-6-11-19(26)27/h3,5,14-16,23H,2,4,6-13H2,1H3,(H,26,27)/b5-3-/t14-,15-,16-/m1/s1. The van der Waals surface area contributed by atoms with Crippen molar-refractivity contribution in [3.63, 3.8) is 0 Å². The molecule has 1 rings (SSSR count). The van der Waals surface area contributed by atoms with E-state index in [1.54, 1.807) is 6.92 Å². The molecule has 0 radical (unpaired) electrons. The first kappa shape index (κ1) is 23.4. The second kappa shape index (κ2) is 11.3. The number of allylic oxidation sites excluding steroid dienone is 2. The van der Waals surface area contributed by atoms with Crippen LogP contribution in [-0.4, -0.2) is 39.8 Å². The Balaban J connectivity index is 2.47. The maximum Gasteiger partial charge on any atom is 0.305 e. The van der Waals surface area contributed by atoms with Gasteiger partial charge in [0.2, 0.25) is 5.78 Å². The van der Waals surface area contributed by atoms with Gasteiger partial charge in [0.05, 0.1) is 6.10 Å². The Labute approximate surface area is 158 Å². The Morgan fingerprint density at radius 2 is 1.93 bits per heavy atom. The summed E-state index contributed by atoms with van der Waals surface area (Å²) in [6, 6.07) is 0. The second-order valence-corrected chi connectivity index (χ2v) is 7.27. The molecule has 1 aliphatic rings. The first-order chi connectivity index (χ1) is 12.7. The van der Waals surface area contributed by atoms with Crippen molar-refractivity contribution in [2.45, 2.75) is 83.2 Å². The van der Waals surface area contributed by atoms with E-state index in [0.29, 0.717) is 25.7 Å². The summed E-state index contributed by atoms with van der Waals surface area (Å²) in [6.07, 6.45) is 4.71. The molecular formula is C20H30F2O5. The average Bonchev–Trinajstić information content (AvgIpc) is 2.84. The topological polar surface area (TPSA) is 91.7 Å². The summed E-state index contributed by atoms with van der Waals surface area (Å²) < 4.78 is 27.1. The highest BCUT2D eigenvalue weighted by Crippen LogP contribution is 2.36. The molecule has 1 fully saturated rings.